The lowest BCUT2D eigenvalue weighted by molar-refractivity contribution is 0.0698. The number of halogens is 2. The van der Waals surface area contributed by atoms with Gasteiger partial charge in [0.2, 0.25) is 5.28 Å². The standard InChI is InChI=1S/C11H9ClN4O2.ClH/c12-11-14-5-7(13)9(16-11)15-8-4-2-1-3-6(8)10(17)18;/h1-5H,13H2,(H,17,18)(H,14,15,16);1H. The molecule has 0 aliphatic carbocycles. The first kappa shape index (κ1) is 15.0. The van der Waals surface area contributed by atoms with Crippen LogP contribution in [-0.4, -0.2) is 21.0 Å². The van der Waals surface area contributed by atoms with Gasteiger partial charge in [0.05, 0.1) is 23.1 Å². The summed E-state index contributed by atoms with van der Waals surface area (Å²) in [6.45, 7) is 0. The molecular weight excluding hydrogens is 291 g/mol. The summed E-state index contributed by atoms with van der Waals surface area (Å²) in [7, 11) is 0. The number of carboxylic acids is 1. The average Bonchev–Trinajstić information content (AvgIpc) is 2.34. The molecule has 0 bridgehead atoms. The van der Waals surface area contributed by atoms with E-state index in [0.717, 1.165) is 0 Å². The van der Waals surface area contributed by atoms with Crippen molar-refractivity contribution in [3.05, 3.63) is 41.3 Å². The maximum absolute atomic E-state index is 11.0. The summed E-state index contributed by atoms with van der Waals surface area (Å²) in [5, 5.41) is 11.9. The minimum absolute atomic E-state index is 0. The summed E-state index contributed by atoms with van der Waals surface area (Å²) in [5.41, 5.74) is 6.45. The number of hydrogen-bond acceptors (Lipinski definition) is 5. The molecule has 1 heterocycles. The first-order chi connectivity index (χ1) is 8.58. The number of hydrogen-bond donors (Lipinski definition) is 3. The molecule has 0 fully saturated rings. The number of nitrogens with zero attached hydrogens (tertiary/aromatic N) is 2. The van der Waals surface area contributed by atoms with E-state index in [1.165, 1.54) is 12.3 Å². The van der Waals surface area contributed by atoms with Crippen molar-refractivity contribution in [3.63, 3.8) is 0 Å². The molecule has 0 radical (unpaired) electrons. The Hall–Kier alpha value is -2.05. The topological polar surface area (TPSA) is 101 Å². The van der Waals surface area contributed by atoms with Gasteiger partial charge in [-0.05, 0) is 23.7 Å². The van der Waals surface area contributed by atoms with Crippen molar-refractivity contribution in [3.8, 4) is 0 Å². The van der Waals surface area contributed by atoms with Gasteiger partial charge < -0.3 is 16.2 Å². The third-order valence-electron chi connectivity index (χ3n) is 2.20. The monoisotopic (exact) mass is 300 g/mol. The summed E-state index contributed by atoms with van der Waals surface area (Å²) in [4.78, 5) is 18.6. The van der Waals surface area contributed by atoms with Gasteiger partial charge in [0.1, 0.15) is 0 Å². The second kappa shape index (κ2) is 6.21. The fourth-order valence-corrected chi connectivity index (χ4v) is 1.51. The van der Waals surface area contributed by atoms with Crippen LogP contribution in [0.4, 0.5) is 17.2 Å². The van der Waals surface area contributed by atoms with E-state index in [9.17, 15) is 4.79 Å². The van der Waals surface area contributed by atoms with Gasteiger partial charge in [-0.15, -0.1) is 12.4 Å². The summed E-state index contributed by atoms with van der Waals surface area (Å²) >= 11 is 5.65. The van der Waals surface area contributed by atoms with Crippen LogP contribution in [0.3, 0.4) is 0 Å². The molecular formula is C11H10Cl2N4O2. The zero-order valence-corrected chi connectivity index (χ0v) is 11.1. The molecule has 19 heavy (non-hydrogen) atoms. The highest BCUT2D eigenvalue weighted by Crippen LogP contribution is 2.24. The SMILES string of the molecule is Cl.Nc1cnc(Cl)nc1Nc1ccccc1C(=O)O. The van der Waals surface area contributed by atoms with E-state index in [1.807, 2.05) is 0 Å². The Morgan fingerprint density at radius 2 is 2.05 bits per heavy atom. The predicted molar refractivity (Wildman–Crippen MR) is 75.4 cm³/mol. The number of para-hydroxylation sites is 1. The summed E-state index contributed by atoms with van der Waals surface area (Å²) in [6, 6.07) is 6.42. The van der Waals surface area contributed by atoms with Crippen molar-refractivity contribution in [2.45, 2.75) is 0 Å². The molecule has 0 aliphatic heterocycles. The summed E-state index contributed by atoms with van der Waals surface area (Å²) < 4.78 is 0. The van der Waals surface area contributed by atoms with Crippen LogP contribution in [-0.2, 0) is 0 Å². The quantitative estimate of drug-likeness (QED) is 0.753. The van der Waals surface area contributed by atoms with E-state index < -0.39 is 5.97 Å². The van der Waals surface area contributed by atoms with Gasteiger partial charge in [-0.25, -0.2) is 9.78 Å². The third-order valence-corrected chi connectivity index (χ3v) is 2.38. The molecule has 0 amide bonds. The zero-order valence-electron chi connectivity index (χ0n) is 9.50. The molecule has 2 rings (SSSR count). The van der Waals surface area contributed by atoms with E-state index >= 15 is 0 Å². The van der Waals surface area contributed by atoms with Gasteiger partial charge in [0.15, 0.2) is 5.82 Å². The third kappa shape index (κ3) is 3.46. The van der Waals surface area contributed by atoms with E-state index in [2.05, 4.69) is 15.3 Å². The van der Waals surface area contributed by atoms with Crippen molar-refractivity contribution in [2.24, 2.45) is 0 Å². The Bertz CT molecular complexity index is 607. The molecule has 0 saturated heterocycles. The zero-order chi connectivity index (χ0) is 13.1. The fraction of sp³-hybridized carbons (Fsp3) is 0. The van der Waals surface area contributed by atoms with Crippen molar-refractivity contribution >= 4 is 47.2 Å². The molecule has 0 aliphatic rings. The normalized spacial score (nSPS) is 9.53. The van der Waals surface area contributed by atoms with Crippen LogP contribution in [0.25, 0.3) is 0 Å². The number of aromatic carboxylic acids is 1. The first-order valence-electron chi connectivity index (χ1n) is 4.95. The van der Waals surface area contributed by atoms with Crippen LogP contribution in [0.1, 0.15) is 10.4 Å². The molecule has 0 spiro atoms. The van der Waals surface area contributed by atoms with Crippen molar-refractivity contribution in [2.75, 3.05) is 11.1 Å². The van der Waals surface area contributed by atoms with Crippen molar-refractivity contribution in [1.82, 2.24) is 9.97 Å². The van der Waals surface area contributed by atoms with Crippen molar-refractivity contribution < 1.29 is 9.90 Å². The Kier molecular flexibility index (Phi) is 4.91. The van der Waals surface area contributed by atoms with Gasteiger partial charge in [0.25, 0.3) is 0 Å². The molecule has 0 atom stereocenters. The number of anilines is 3. The molecule has 1 aromatic heterocycles. The predicted octanol–water partition coefficient (Wildman–Crippen LogP) is 2.58. The van der Waals surface area contributed by atoms with Crippen molar-refractivity contribution in [1.29, 1.82) is 0 Å². The molecule has 2 aromatic rings. The highest BCUT2D eigenvalue weighted by Gasteiger charge is 2.11. The first-order valence-corrected chi connectivity index (χ1v) is 5.33. The van der Waals surface area contributed by atoms with Gasteiger partial charge in [0, 0.05) is 0 Å². The highest BCUT2D eigenvalue weighted by molar-refractivity contribution is 6.28. The number of carboxylic acid groups (broad SMARTS) is 1. The summed E-state index contributed by atoms with van der Waals surface area (Å²) in [5.74, 6) is -0.777. The molecule has 4 N–H and O–H groups in total. The summed E-state index contributed by atoms with van der Waals surface area (Å²) in [6.07, 6.45) is 1.35. The van der Waals surface area contributed by atoms with E-state index in [0.29, 0.717) is 5.69 Å². The second-order valence-electron chi connectivity index (χ2n) is 3.42. The van der Waals surface area contributed by atoms with Crippen LogP contribution in [0, 0.1) is 0 Å². The minimum Gasteiger partial charge on any atom is -0.478 e. The number of nitrogens with two attached hydrogens (primary N) is 1. The molecule has 0 unspecified atom stereocenters. The Balaban J connectivity index is 0.00000180. The number of nitrogens with one attached hydrogen (secondary N) is 1. The number of benzene rings is 1. The lowest BCUT2D eigenvalue weighted by Crippen LogP contribution is -2.05. The van der Waals surface area contributed by atoms with Crippen LogP contribution >= 0.6 is 24.0 Å². The molecule has 100 valence electrons. The number of nitrogen functional groups attached to an aromatic ring is 1. The van der Waals surface area contributed by atoms with E-state index in [4.69, 9.17) is 22.4 Å². The minimum atomic E-state index is -1.04. The fourth-order valence-electron chi connectivity index (χ4n) is 1.38. The maximum atomic E-state index is 11.0. The smallest absolute Gasteiger partial charge is 0.337 e. The molecule has 1 aromatic carbocycles. The molecule has 8 heteroatoms. The Morgan fingerprint density at radius 1 is 1.37 bits per heavy atom. The van der Waals surface area contributed by atoms with E-state index in [-0.39, 0.29) is 34.8 Å². The van der Waals surface area contributed by atoms with Crippen LogP contribution in [0.5, 0.6) is 0 Å². The van der Waals surface area contributed by atoms with Gasteiger partial charge >= 0.3 is 5.97 Å². The number of rotatable bonds is 3. The van der Waals surface area contributed by atoms with Crippen LogP contribution in [0.2, 0.25) is 5.28 Å². The average molecular weight is 301 g/mol. The maximum Gasteiger partial charge on any atom is 0.337 e. The molecule has 6 nitrogen and oxygen atoms in total. The van der Waals surface area contributed by atoms with Crippen LogP contribution < -0.4 is 11.1 Å². The largest absolute Gasteiger partial charge is 0.478 e. The lowest BCUT2D eigenvalue weighted by atomic mass is 10.2. The second-order valence-corrected chi connectivity index (χ2v) is 3.76. The Labute approximate surface area is 120 Å². The Morgan fingerprint density at radius 3 is 2.74 bits per heavy atom. The van der Waals surface area contributed by atoms with Gasteiger partial charge in [-0.1, -0.05) is 12.1 Å². The van der Waals surface area contributed by atoms with Gasteiger partial charge in [-0.2, -0.15) is 4.98 Å². The van der Waals surface area contributed by atoms with Crippen LogP contribution in [0.15, 0.2) is 30.5 Å². The van der Waals surface area contributed by atoms with Gasteiger partial charge in [-0.3, -0.25) is 0 Å². The number of carbonyl (C=O) groups is 1. The highest BCUT2D eigenvalue weighted by atomic mass is 35.5. The lowest BCUT2D eigenvalue weighted by Gasteiger charge is -2.10. The molecule has 0 saturated carbocycles. The number of aromatic nitrogens is 2. The van der Waals surface area contributed by atoms with E-state index in [1.54, 1.807) is 18.2 Å².